The predicted octanol–water partition coefficient (Wildman–Crippen LogP) is 2.53. The fraction of sp³-hybridized carbons (Fsp3) is 0.333. The van der Waals surface area contributed by atoms with Gasteiger partial charge in [0.1, 0.15) is 5.60 Å². The van der Waals surface area contributed by atoms with Gasteiger partial charge in [-0.25, -0.2) is 19.2 Å². The molecule has 140 valence electrons. The van der Waals surface area contributed by atoms with Crippen LogP contribution in [0.2, 0.25) is 0 Å². The second-order valence-electron chi connectivity index (χ2n) is 6.19. The number of carboxylic acid groups (broad SMARTS) is 2. The molecule has 0 aliphatic carbocycles. The van der Waals surface area contributed by atoms with Crippen molar-refractivity contribution in [3.8, 4) is 0 Å². The van der Waals surface area contributed by atoms with Gasteiger partial charge in [0, 0.05) is 12.0 Å². The summed E-state index contributed by atoms with van der Waals surface area (Å²) >= 11 is 0. The number of aromatic carboxylic acids is 2. The average molecular weight is 364 g/mol. The second kappa shape index (κ2) is 8.28. The Kier molecular flexibility index (Phi) is 6.65. The number of benzene rings is 1. The quantitative estimate of drug-likeness (QED) is 0.532. The van der Waals surface area contributed by atoms with E-state index in [1.54, 1.807) is 13.8 Å². The fourth-order valence-corrected chi connectivity index (χ4v) is 1.90. The van der Waals surface area contributed by atoms with Gasteiger partial charge in [0.2, 0.25) is 0 Å². The lowest BCUT2D eigenvalue weighted by Gasteiger charge is -2.25. The molecule has 0 saturated heterocycles. The monoisotopic (exact) mass is 364 g/mol. The lowest BCUT2D eigenvalue weighted by molar-refractivity contribution is -0.152. The summed E-state index contributed by atoms with van der Waals surface area (Å²) in [5, 5.41) is 18.0. The summed E-state index contributed by atoms with van der Waals surface area (Å²) in [7, 11) is 0. The predicted molar refractivity (Wildman–Crippen MR) is 90.2 cm³/mol. The van der Waals surface area contributed by atoms with Gasteiger partial charge in [-0.3, -0.25) is 0 Å². The number of hydrogen-bond donors (Lipinski definition) is 2. The first-order valence-electron chi connectivity index (χ1n) is 7.61. The van der Waals surface area contributed by atoms with Crippen LogP contribution in [0.4, 0.5) is 0 Å². The van der Waals surface area contributed by atoms with E-state index in [0.717, 1.165) is 12.1 Å². The first-order chi connectivity index (χ1) is 11.9. The van der Waals surface area contributed by atoms with Crippen molar-refractivity contribution in [2.75, 3.05) is 6.61 Å². The number of esters is 2. The summed E-state index contributed by atoms with van der Waals surface area (Å²) < 4.78 is 10.3. The molecule has 0 heterocycles. The van der Waals surface area contributed by atoms with Crippen LogP contribution < -0.4 is 0 Å². The van der Waals surface area contributed by atoms with Gasteiger partial charge >= 0.3 is 23.9 Å². The number of carboxylic acids is 2. The highest BCUT2D eigenvalue weighted by Gasteiger charge is 2.24. The van der Waals surface area contributed by atoms with Crippen molar-refractivity contribution >= 4 is 23.9 Å². The zero-order valence-corrected chi connectivity index (χ0v) is 14.7. The Morgan fingerprint density at radius 2 is 1.65 bits per heavy atom. The smallest absolute Gasteiger partial charge is 0.338 e. The SMILES string of the molecule is C=C(C)C(=O)OC(C)(C)CCOC(=O)c1ccc(C(=O)O)c(C(=O)O)c1. The maximum atomic E-state index is 12.0. The van der Waals surface area contributed by atoms with Gasteiger partial charge in [-0.1, -0.05) is 6.58 Å². The molecule has 1 aromatic carbocycles. The lowest BCUT2D eigenvalue weighted by atomic mass is 10.0. The first kappa shape index (κ1) is 20.9. The van der Waals surface area contributed by atoms with Crippen molar-refractivity contribution in [3.05, 3.63) is 47.0 Å². The third-order valence-electron chi connectivity index (χ3n) is 3.37. The summed E-state index contributed by atoms with van der Waals surface area (Å²) in [6.45, 7) is 8.20. The van der Waals surface area contributed by atoms with E-state index in [4.69, 9.17) is 19.7 Å². The maximum Gasteiger partial charge on any atom is 0.338 e. The minimum Gasteiger partial charge on any atom is -0.478 e. The molecule has 0 atom stereocenters. The van der Waals surface area contributed by atoms with Gasteiger partial charge in [0.05, 0.1) is 23.3 Å². The summed E-state index contributed by atoms with van der Waals surface area (Å²) in [6, 6.07) is 3.14. The summed E-state index contributed by atoms with van der Waals surface area (Å²) in [5.74, 6) is -4.25. The maximum absolute atomic E-state index is 12.0. The number of ether oxygens (including phenoxy) is 2. The van der Waals surface area contributed by atoms with Gasteiger partial charge in [0.25, 0.3) is 0 Å². The van der Waals surface area contributed by atoms with E-state index in [0.29, 0.717) is 0 Å². The van der Waals surface area contributed by atoms with Gasteiger partial charge in [-0.15, -0.1) is 0 Å². The van der Waals surface area contributed by atoms with Crippen molar-refractivity contribution in [3.63, 3.8) is 0 Å². The zero-order valence-electron chi connectivity index (χ0n) is 14.7. The van der Waals surface area contributed by atoms with E-state index < -0.39 is 40.6 Å². The third-order valence-corrected chi connectivity index (χ3v) is 3.37. The summed E-state index contributed by atoms with van der Waals surface area (Å²) in [4.78, 5) is 45.7. The molecular weight excluding hydrogens is 344 g/mol. The first-order valence-corrected chi connectivity index (χ1v) is 7.61. The van der Waals surface area contributed by atoms with Crippen LogP contribution in [0, 0.1) is 0 Å². The molecule has 0 aliphatic heterocycles. The molecule has 2 N–H and O–H groups in total. The molecule has 0 bridgehead atoms. The Morgan fingerprint density at radius 1 is 1.08 bits per heavy atom. The van der Waals surface area contributed by atoms with Crippen LogP contribution in [0.1, 0.15) is 58.3 Å². The van der Waals surface area contributed by atoms with Crippen LogP contribution >= 0.6 is 0 Å². The minimum atomic E-state index is -1.47. The Hall–Kier alpha value is -3.16. The molecule has 0 amide bonds. The lowest BCUT2D eigenvalue weighted by Crippen LogP contribution is -2.30. The number of hydrogen-bond acceptors (Lipinski definition) is 6. The number of carbonyl (C=O) groups excluding carboxylic acids is 2. The van der Waals surface area contributed by atoms with E-state index in [1.807, 2.05) is 0 Å². The Morgan fingerprint density at radius 3 is 2.15 bits per heavy atom. The molecule has 0 fully saturated rings. The zero-order chi connectivity index (χ0) is 20.1. The topological polar surface area (TPSA) is 127 Å². The van der Waals surface area contributed by atoms with E-state index >= 15 is 0 Å². The molecule has 1 aromatic rings. The van der Waals surface area contributed by atoms with Gasteiger partial charge in [0.15, 0.2) is 0 Å². The Balaban J connectivity index is 2.76. The van der Waals surface area contributed by atoms with E-state index in [2.05, 4.69) is 6.58 Å². The Bertz CT molecular complexity index is 760. The van der Waals surface area contributed by atoms with Gasteiger partial charge < -0.3 is 19.7 Å². The van der Waals surface area contributed by atoms with Gasteiger partial charge in [-0.05, 0) is 39.0 Å². The molecule has 0 unspecified atom stereocenters. The Labute approximate surface area is 150 Å². The molecule has 0 radical (unpaired) electrons. The largest absolute Gasteiger partial charge is 0.478 e. The highest BCUT2D eigenvalue weighted by Crippen LogP contribution is 2.18. The minimum absolute atomic E-state index is 0.0849. The highest BCUT2D eigenvalue weighted by molar-refractivity contribution is 6.03. The molecule has 0 aliphatic rings. The molecular formula is C18H20O8. The van der Waals surface area contributed by atoms with E-state index in [-0.39, 0.29) is 24.2 Å². The molecule has 0 aromatic heterocycles. The average Bonchev–Trinajstić information content (AvgIpc) is 2.53. The van der Waals surface area contributed by atoms with Gasteiger partial charge in [-0.2, -0.15) is 0 Å². The van der Waals surface area contributed by atoms with Crippen LogP contribution in [0.3, 0.4) is 0 Å². The van der Waals surface area contributed by atoms with Crippen LogP contribution in [-0.4, -0.2) is 46.3 Å². The van der Waals surface area contributed by atoms with Crippen molar-refractivity contribution in [2.24, 2.45) is 0 Å². The fourth-order valence-electron chi connectivity index (χ4n) is 1.90. The third kappa shape index (κ3) is 5.73. The van der Waals surface area contributed by atoms with Crippen LogP contribution in [-0.2, 0) is 14.3 Å². The van der Waals surface area contributed by atoms with E-state index in [9.17, 15) is 19.2 Å². The molecule has 8 heteroatoms. The van der Waals surface area contributed by atoms with E-state index in [1.165, 1.54) is 13.0 Å². The van der Waals surface area contributed by atoms with Crippen molar-refractivity contribution in [2.45, 2.75) is 32.8 Å². The molecule has 0 spiro atoms. The number of rotatable bonds is 8. The van der Waals surface area contributed by atoms with Crippen LogP contribution in [0.15, 0.2) is 30.4 Å². The molecule has 26 heavy (non-hydrogen) atoms. The normalized spacial score (nSPS) is 10.7. The molecule has 1 rings (SSSR count). The summed E-state index contributed by atoms with van der Waals surface area (Å²) in [5.41, 5.74) is -1.68. The van der Waals surface area contributed by atoms with Crippen LogP contribution in [0.5, 0.6) is 0 Å². The number of carbonyl (C=O) groups is 4. The summed E-state index contributed by atoms with van der Waals surface area (Å²) in [6.07, 6.45) is 0.205. The van der Waals surface area contributed by atoms with Crippen molar-refractivity contribution in [1.82, 2.24) is 0 Å². The highest BCUT2D eigenvalue weighted by atomic mass is 16.6. The molecule has 0 saturated carbocycles. The van der Waals surface area contributed by atoms with Crippen LogP contribution in [0.25, 0.3) is 0 Å². The van der Waals surface area contributed by atoms with Crippen molar-refractivity contribution in [1.29, 1.82) is 0 Å². The second-order valence-corrected chi connectivity index (χ2v) is 6.19. The standard InChI is InChI=1S/C18H20O8/c1-10(2)16(23)26-18(3,4)7-8-25-17(24)11-5-6-12(14(19)20)13(9-11)15(21)22/h5-6,9H,1,7-8H2,2-4H3,(H,19,20)(H,21,22). The molecule has 8 nitrogen and oxygen atoms in total. The van der Waals surface area contributed by atoms with Crippen molar-refractivity contribution < 1.29 is 38.9 Å².